The van der Waals surface area contributed by atoms with Crippen molar-refractivity contribution in [3.63, 3.8) is 0 Å². The van der Waals surface area contributed by atoms with E-state index in [4.69, 9.17) is 10.2 Å². The Morgan fingerprint density at radius 3 is 2.29 bits per heavy atom. The predicted octanol–water partition coefficient (Wildman–Crippen LogP) is 1.68. The summed E-state index contributed by atoms with van der Waals surface area (Å²) >= 11 is 3.28. The molecule has 0 aromatic heterocycles. The van der Waals surface area contributed by atoms with Crippen LogP contribution in [-0.4, -0.2) is 29.1 Å². The van der Waals surface area contributed by atoms with E-state index in [1.807, 2.05) is 6.07 Å². The molecule has 1 aromatic carbocycles. The average molecular weight is 263 g/mol. The summed E-state index contributed by atoms with van der Waals surface area (Å²) in [6.07, 6.45) is 0.00141. The van der Waals surface area contributed by atoms with Crippen molar-refractivity contribution < 1.29 is 14.6 Å². The van der Waals surface area contributed by atoms with Gasteiger partial charge in [-0.05, 0) is 11.6 Å². The van der Waals surface area contributed by atoms with Gasteiger partial charge in [0.25, 0.3) is 0 Å². The van der Waals surface area contributed by atoms with Crippen molar-refractivity contribution in [2.45, 2.75) is 12.1 Å². The third-order valence-corrected chi connectivity index (χ3v) is 2.81. The molecule has 0 atom stereocenters. The van der Waals surface area contributed by atoms with E-state index in [-0.39, 0.29) is 6.42 Å². The third kappa shape index (κ3) is 2.77. The Balaban J connectivity index is 2.82. The molecule has 1 rings (SSSR count). The summed E-state index contributed by atoms with van der Waals surface area (Å²) in [4.78, 5) is 0. The largest absolute Gasteiger partial charge is 0.393 e. The molecular formula is C10H12BrFO2. The van der Waals surface area contributed by atoms with E-state index in [1.54, 1.807) is 18.2 Å². The standard InChI is InChI=1S/C10H12BrFO2/c11-9-4-2-1-3-8(9)5-10(12,6-13)7-14/h1-4,13-14H,5-7H2. The number of aliphatic hydroxyl groups is 2. The molecule has 14 heavy (non-hydrogen) atoms. The van der Waals surface area contributed by atoms with E-state index in [1.165, 1.54) is 0 Å². The maximum absolute atomic E-state index is 13.6. The first-order valence-electron chi connectivity index (χ1n) is 4.25. The minimum Gasteiger partial charge on any atom is -0.393 e. The van der Waals surface area contributed by atoms with Crippen LogP contribution in [0, 0.1) is 0 Å². The Labute approximate surface area is 90.5 Å². The van der Waals surface area contributed by atoms with E-state index >= 15 is 0 Å². The maximum Gasteiger partial charge on any atom is 0.160 e. The monoisotopic (exact) mass is 262 g/mol. The van der Waals surface area contributed by atoms with Gasteiger partial charge >= 0.3 is 0 Å². The summed E-state index contributed by atoms with van der Waals surface area (Å²) < 4.78 is 14.4. The molecule has 2 nitrogen and oxygen atoms in total. The van der Waals surface area contributed by atoms with Crippen molar-refractivity contribution in [1.82, 2.24) is 0 Å². The highest BCUT2D eigenvalue weighted by Crippen LogP contribution is 2.23. The smallest absolute Gasteiger partial charge is 0.160 e. The lowest BCUT2D eigenvalue weighted by molar-refractivity contribution is 0.0165. The summed E-state index contributed by atoms with van der Waals surface area (Å²) in [5.41, 5.74) is -1.21. The van der Waals surface area contributed by atoms with Crippen LogP contribution in [-0.2, 0) is 6.42 Å². The second-order valence-electron chi connectivity index (χ2n) is 3.24. The fraction of sp³-hybridized carbons (Fsp3) is 0.400. The molecule has 0 bridgehead atoms. The summed E-state index contributed by atoms with van der Waals surface area (Å²) in [5.74, 6) is 0. The van der Waals surface area contributed by atoms with Crippen LogP contribution in [0.5, 0.6) is 0 Å². The first kappa shape index (κ1) is 11.6. The molecule has 0 aliphatic rings. The van der Waals surface area contributed by atoms with Crippen LogP contribution in [0.1, 0.15) is 5.56 Å². The maximum atomic E-state index is 13.6. The molecule has 0 radical (unpaired) electrons. The summed E-state index contributed by atoms with van der Waals surface area (Å²) in [5, 5.41) is 17.6. The predicted molar refractivity (Wildman–Crippen MR) is 55.9 cm³/mol. The van der Waals surface area contributed by atoms with Crippen LogP contribution < -0.4 is 0 Å². The molecule has 78 valence electrons. The third-order valence-electron chi connectivity index (χ3n) is 2.03. The van der Waals surface area contributed by atoms with Gasteiger partial charge in [-0.15, -0.1) is 0 Å². The van der Waals surface area contributed by atoms with E-state index in [2.05, 4.69) is 15.9 Å². The molecule has 0 fully saturated rings. The number of rotatable bonds is 4. The molecule has 0 unspecified atom stereocenters. The lowest BCUT2D eigenvalue weighted by Gasteiger charge is -2.20. The lowest BCUT2D eigenvalue weighted by atomic mass is 9.98. The average Bonchev–Trinajstić information content (AvgIpc) is 2.21. The van der Waals surface area contributed by atoms with Crippen molar-refractivity contribution in [3.05, 3.63) is 34.3 Å². The Kier molecular flexibility index (Phi) is 4.04. The Bertz CT molecular complexity index is 300. The number of hydrogen-bond acceptors (Lipinski definition) is 2. The van der Waals surface area contributed by atoms with Gasteiger partial charge in [-0.3, -0.25) is 0 Å². The van der Waals surface area contributed by atoms with E-state index in [0.717, 1.165) is 10.0 Å². The van der Waals surface area contributed by atoms with Crippen molar-refractivity contribution in [2.24, 2.45) is 0 Å². The number of aliphatic hydroxyl groups excluding tert-OH is 2. The van der Waals surface area contributed by atoms with Crippen LogP contribution in [0.15, 0.2) is 28.7 Å². The van der Waals surface area contributed by atoms with Crippen LogP contribution in [0.25, 0.3) is 0 Å². The molecule has 2 N–H and O–H groups in total. The Morgan fingerprint density at radius 1 is 1.21 bits per heavy atom. The number of alkyl halides is 1. The van der Waals surface area contributed by atoms with Gasteiger partial charge in [0.1, 0.15) is 0 Å². The quantitative estimate of drug-likeness (QED) is 0.867. The SMILES string of the molecule is OCC(F)(CO)Cc1ccccc1Br. The summed E-state index contributed by atoms with van der Waals surface area (Å²) in [7, 11) is 0. The van der Waals surface area contributed by atoms with Gasteiger partial charge in [0.2, 0.25) is 0 Å². The molecule has 1 aromatic rings. The first-order chi connectivity index (χ1) is 6.61. The zero-order valence-electron chi connectivity index (χ0n) is 7.58. The van der Waals surface area contributed by atoms with E-state index in [9.17, 15) is 4.39 Å². The topological polar surface area (TPSA) is 40.5 Å². The molecular weight excluding hydrogens is 251 g/mol. The normalized spacial score (nSPS) is 11.7. The van der Waals surface area contributed by atoms with Crippen LogP contribution in [0.4, 0.5) is 4.39 Å². The number of hydrogen-bond donors (Lipinski definition) is 2. The molecule has 0 aliphatic heterocycles. The fourth-order valence-electron chi connectivity index (χ4n) is 1.14. The van der Waals surface area contributed by atoms with Gasteiger partial charge in [0.05, 0.1) is 13.2 Å². The van der Waals surface area contributed by atoms with E-state index in [0.29, 0.717) is 0 Å². The van der Waals surface area contributed by atoms with Gasteiger partial charge < -0.3 is 10.2 Å². The lowest BCUT2D eigenvalue weighted by Crippen LogP contribution is -2.35. The van der Waals surface area contributed by atoms with E-state index < -0.39 is 18.9 Å². The van der Waals surface area contributed by atoms with Crippen LogP contribution >= 0.6 is 15.9 Å². The molecule has 0 saturated heterocycles. The summed E-state index contributed by atoms with van der Waals surface area (Å²) in [6.45, 7) is -1.35. The molecule has 0 amide bonds. The molecule has 0 heterocycles. The van der Waals surface area contributed by atoms with Gasteiger partial charge in [-0.25, -0.2) is 4.39 Å². The second-order valence-corrected chi connectivity index (χ2v) is 4.09. The van der Waals surface area contributed by atoms with Gasteiger partial charge in [0.15, 0.2) is 5.67 Å². The minimum atomic E-state index is -1.94. The van der Waals surface area contributed by atoms with Crippen LogP contribution in [0.2, 0.25) is 0 Å². The minimum absolute atomic E-state index is 0.00141. The number of halogens is 2. The van der Waals surface area contributed by atoms with Gasteiger partial charge in [-0.2, -0.15) is 0 Å². The van der Waals surface area contributed by atoms with Crippen molar-refractivity contribution >= 4 is 15.9 Å². The highest BCUT2D eigenvalue weighted by molar-refractivity contribution is 9.10. The van der Waals surface area contributed by atoms with Gasteiger partial charge in [-0.1, -0.05) is 34.1 Å². The molecule has 4 heteroatoms. The molecule has 0 spiro atoms. The zero-order chi connectivity index (χ0) is 10.6. The van der Waals surface area contributed by atoms with Crippen molar-refractivity contribution in [2.75, 3.05) is 13.2 Å². The van der Waals surface area contributed by atoms with Crippen LogP contribution in [0.3, 0.4) is 0 Å². The fourth-order valence-corrected chi connectivity index (χ4v) is 1.57. The first-order valence-corrected chi connectivity index (χ1v) is 5.04. The Hall–Kier alpha value is -0.450. The number of benzene rings is 1. The van der Waals surface area contributed by atoms with Gasteiger partial charge in [0, 0.05) is 10.9 Å². The van der Waals surface area contributed by atoms with Crippen molar-refractivity contribution in [1.29, 1.82) is 0 Å². The molecule has 0 saturated carbocycles. The van der Waals surface area contributed by atoms with Crippen molar-refractivity contribution in [3.8, 4) is 0 Å². The Morgan fingerprint density at radius 2 is 1.79 bits per heavy atom. The second kappa shape index (κ2) is 4.87. The molecule has 0 aliphatic carbocycles. The zero-order valence-corrected chi connectivity index (χ0v) is 9.17. The highest BCUT2D eigenvalue weighted by Gasteiger charge is 2.28. The highest BCUT2D eigenvalue weighted by atomic mass is 79.9. The summed E-state index contributed by atoms with van der Waals surface area (Å²) in [6, 6.07) is 7.16.